The van der Waals surface area contributed by atoms with Crippen LogP contribution in [0.2, 0.25) is 0 Å². The Bertz CT molecular complexity index is 916. The molecular formula is C23H30N2O3S. The van der Waals surface area contributed by atoms with Crippen LogP contribution in [0.3, 0.4) is 0 Å². The molecule has 2 aromatic carbocycles. The average Bonchev–Trinajstić information content (AvgIpc) is 2.72. The molecule has 6 heteroatoms. The van der Waals surface area contributed by atoms with E-state index in [1.807, 2.05) is 31.2 Å². The molecule has 2 aromatic rings. The molecular weight excluding hydrogens is 384 g/mol. The predicted molar refractivity (Wildman–Crippen MR) is 116 cm³/mol. The fraction of sp³-hybridized carbons (Fsp3) is 0.435. The number of sulfone groups is 1. The van der Waals surface area contributed by atoms with E-state index in [1.54, 1.807) is 24.3 Å². The number of carbonyl (C=O) groups is 1. The highest BCUT2D eigenvalue weighted by molar-refractivity contribution is 7.90. The van der Waals surface area contributed by atoms with Crippen LogP contribution in [0.4, 0.5) is 0 Å². The number of benzene rings is 2. The van der Waals surface area contributed by atoms with Gasteiger partial charge >= 0.3 is 0 Å². The maximum absolute atomic E-state index is 12.7. The molecule has 1 saturated heterocycles. The highest BCUT2D eigenvalue weighted by Gasteiger charge is 2.16. The number of likely N-dealkylation sites (tertiary alicyclic amines) is 1. The van der Waals surface area contributed by atoms with Crippen molar-refractivity contribution in [1.29, 1.82) is 0 Å². The summed E-state index contributed by atoms with van der Waals surface area (Å²) in [5, 5.41) is 3.06. The van der Waals surface area contributed by atoms with Crippen LogP contribution in [0.5, 0.6) is 0 Å². The van der Waals surface area contributed by atoms with Crippen LogP contribution in [0, 0.1) is 0 Å². The van der Waals surface area contributed by atoms with Gasteiger partial charge in [-0.05, 0) is 67.7 Å². The molecule has 5 nitrogen and oxygen atoms in total. The van der Waals surface area contributed by atoms with Gasteiger partial charge in [0.25, 0.3) is 5.91 Å². The van der Waals surface area contributed by atoms with E-state index in [9.17, 15) is 13.2 Å². The quantitative estimate of drug-likeness (QED) is 0.745. The molecule has 1 aliphatic rings. The van der Waals surface area contributed by atoms with Gasteiger partial charge in [-0.25, -0.2) is 8.42 Å². The summed E-state index contributed by atoms with van der Waals surface area (Å²) in [7, 11) is -3.22. The van der Waals surface area contributed by atoms with Crippen molar-refractivity contribution in [2.45, 2.75) is 50.1 Å². The van der Waals surface area contributed by atoms with Crippen molar-refractivity contribution in [3.63, 3.8) is 0 Å². The number of hydrogen-bond donors (Lipinski definition) is 1. The number of carbonyl (C=O) groups excluding carboxylic acids is 1. The van der Waals surface area contributed by atoms with E-state index >= 15 is 0 Å². The lowest BCUT2D eigenvalue weighted by atomic mass is 10.0. The average molecular weight is 415 g/mol. The first kappa shape index (κ1) is 21.5. The van der Waals surface area contributed by atoms with Crippen molar-refractivity contribution >= 4 is 15.7 Å². The van der Waals surface area contributed by atoms with Gasteiger partial charge in [-0.1, -0.05) is 37.6 Å². The lowest BCUT2D eigenvalue weighted by molar-refractivity contribution is 0.0935. The van der Waals surface area contributed by atoms with Crippen LogP contribution in [0.1, 0.15) is 60.1 Å². The van der Waals surface area contributed by atoms with E-state index in [2.05, 4.69) is 10.2 Å². The Morgan fingerprint density at radius 3 is 2.17 bits per heavy atom. The Labute approximate surface area is 174 Å². The van der Waals surface area contributed by atoms with Crippen LogP contribution in [0.15, 0.2) is 53.4 Å². The molecule has 0 saturated carbocycles. The van der Waals surface area contributed by atoms with Gasteiger partial charge in [0.15, 0.2) is 9.84 Å². The van der Waals surface area contributed by atoms with E-state index < -0.39 is 9.84 Å². The Balaban J connectivity index is 1.63. The summed E-state index contributed by atoms with van der Waals surface area (Å²) in [5.74, 6) is -0.117. The second-order valence-corrected chi connectivity index (χ2v) is 9.82. The van der Waals surface area contributed by atoms with Crippen molar-refractivity contribution in [1.82, 2.24) is 10.2 Å². The molecule has 0 unspecified atom stereocenters. The van der Waals surface area contributed by atoms with Crippen LogP contribution < -0.4 is 5.32 Å². The summed E-state index contributed by atoms with van der Waals surface area (Å²) in [6.45, 7) is 5.24. The molecule has 0 aliphatic carbocycles. The Hall–Kier alpha value is -2.18. The molecule has 0 bridgehead atoms. The van der Waals surface area contributed by atoms with Gasteiger partial charge in [0.2, 0.25) is 0 Å². The third kappa shape index (κ3) is 5.90. The largest absolute Gasteiger partial charge is 0.345 e. The summed E-state index contributed by atoms with van der Waals surface area (Å²) in [5.41, 5.74) is 2.76. The van der Waals surface area contributed by atoms with Crippen LogP contribution in [0.25, 0.3) is 0 Å². The first-order valence-electron chi connectivity index (χ1n) is 10.3. The maximum atomic E-state index is 12.7. The molecule has 156 valence electrons. The van der Waals surface area contributed by atoms with Crippen molar-refractivity contribution in [3.8, 4) is 0 Å². The number of piperidine rings is 1. The number of rotatable bonds is 7. The zero-order valence-electron chi connectivity index (χ0n) is 17.2. The summed E-state index contributed by atoms with van der Waals surface area (Å²) < 4.78 is 23.3. The summed E-state index contributed by atoms with van der Waals surface area (Å²) in [6, 6.07) is 14.4. The van der Waals surface area contributed by atoms with E-state index in [0.717, 1.165) is 31.6 Å². The van der Waals surface area contributed by atoms with Crippen LogP contribution in [-0.4, -0.2) is 38.6 Å². The third-order valence-corrected chi connectivity index (χ3v) is 6.62. The van der Waals surface area contributed by atoms with Crippen LogP contribution >= 0.6 is 0 Å². The van der Waals surface area contributed by atoms with Gasteiger partial charge in [-0.2, -0.15) is 0 Å². The minimum absolute atomic E-state index is 0.117. The minimum atomic E-state index is -3.22. The Morgan fingerprint density at radius 1 is 1.00 bits per heavy atom. The number of nitrogens with one attached hydrogen (secondary N) is 1. The molecule has 1 heterocycles. The van der Waals surface area contributed by atoms with E-state index in [0.29, 0.717) is 5.56 Å². The van der Waals surface area contributed by atoms with Gasteiger partial charge in [0.05, 0.1) is 10.9 Å². The smallest absolute Gasteiger partial charge is 0.251 e. The van der Waals surface area contributed by atoms with Gasteiger partial charge in [0.1, 0.15) is 0 Å². The number of amides is 1. The molecule has 0 radical (unpaired) electrons. The minimum Gasteiger partial charge on any atom is -0.345 e. The second kappa shape index (κ2) is 9.55. The standard InChI is InChI=1S/C23H30N2O3S/c1-3-22(19-11-13-21(14-12-19)29(2,27)28)24-23(26)20-9-7-18(8-10-20)17-25-15-5-4-6-16-25/h7-14,22H,3-6,15-17H2,1-2H3,(H,24,26)/t22-/m1/s1. The van der Waals surface area contributed by atoms with E-state index in [4.69, 9.17) is 0 Å². The molecule has 1 amide bonds. The second-order valence-electron chi connectivity index (χ2n) is 7.81. The third-order valence-electron chi connectivity index (χ3n) is 5.50. The van der Waals surface area contributed by atoms with Crippen molar-refractivity contribution in [3.05, 3.63) is 65.2 Å². The van der Waals surface area contributed by atoms with Gasteiger partial charge < -0.3 is 5.32 Å². The molecule has 1 N–H and O–H groups in total. The number of nitrogens with zero attached hydrogens (tertiary/aromatic N) is 1. The maximum Gasteiger partial charge on any atom is 0.251 e. The van der Waals surface area contributed by atoms with Crippen molar-refractivity contribution in [2.75, 3.05) is 19.3 Å². The molecule has 1 aliphatic heterocycles. The SMILES string of the molecule is CC[C@@H](NC(=O)c1ccc(CN2CCCCC2)cc1)c1ccc(S(C)(=O)=O)cc1. The van der Waals surface area contributed by atoms with Crippen molar-refractivity contribution < 1.29 is 13.2 Å². The fourth-order valence-electron chi connectivity index (χ4n) is 3.75. The lowest BCUT2D eigenvalue weighted by Crippen LogP contribution is -2.29. The van der Waals surface area contributed by atoms with E-state index in [1.165, 1.54) is 31.1 Å². The fourth-order valence-corrected chi connectivity index (χ4v) is 4.38. The van der Waals surface area contributed by atoms with Gasteiger partial charge in [0, 0.05) is 18.4 Å². The van der Waals surface area contributed by atoms with Crippen molar-refractivity contribution in [2.24, 2.45) is 0 Å². The zero-order chi connectivity index (χ0) is 20.9. The number of hydrogen-bond acceptors (Lipinski definition) is 4. The summed E-state index contributed by atoms with van der Waals surface area (Å²) >= 11 is 0. The zero-order valence-corrected chi connectivity index (χ0v) is 18.0. The topological polar surface area (TPSA) is 66.5 Å². The molecule has 0 spiro atoms. The van der Waals surface area contributed by atoms with Crippen LogP contribution in [-0.2, 0) is 16.4 Å². The molecule has 3 rings (SSSR count). The monoisotopic (exact) mass is 414 g/mol. The predicted octanol–water partition coefficient (Wildman–Crippen LogP) is 3.96. The Kier molecular flexibility index (Phi) is 7.09. The lowest BCUT2D eigenvalue weighted by Gasteiger charge is -2.26. The summed E-state index contributed by atoms with van der Waals surface area (Å²) in [4.78, 5) is 15.4. The first-order chi connectivity index (χ1) is 13.9. The molecule has 1 fully saturated rings. The first-order valence-corrected chi connectivity index (χ1v) is 12.2. The highest BCUT2D eigenvalue weighted by atomic mass is 32.2. The normalized spacial score (nSPS) is 16.3. The highest BCUT2D eigenvalue weighted by Crippen LogP contribution is 2.20. The Morgan fingerprint density at radius 2 is 1.62 bits per heavy atom. The molecule has 1 atom stereocenters. The molecule has 29 heavy (non-hydrogen) atoms. The summed E-state index contributed by atoms with van der Waals surface area (Å²) in [6.07, 6.45) is 5.77. The molecule has 0 aromatic heterocycles. The van der Waals surface area contributed by atoms with E-state index in [-0.39, 0.29) is 16.8 Å². The van der Waals surface area contributed by atoms with Gasteiger partial charge in [-0.15, -0.1) is 0 Å². The van der Waals surface area contributed by atoms with Gasteiger partial charge in [-0.3, -0.25) is 9.69 Å².